The molecule has 0 bridgehead atoms. The molecule has 2 amide bonds. The van der Waals surface area contributed by atoms with E-state index in [0.717, 1.165) is 18.7 Å². The molecule has 1 heterocycles. The average Bonchev–Trinajstić information content (AvgIpc) is 2.72. The topological polar surface area (TPSA) is 49.4 Å². The summed E-state index contributed by atoms with van der Waals surface area (Å²) in [5.74, 6) is 0.228. The van der Waals surface area contributed by atoms with Gasteiger partial charge in [0.05, 0.1) is 11.1 Å². The summed E-state index contributed by atoms with van der Waals surface area (Å²) in [6.45, 7) is 5.33. The van der Waals surface area contributed by atoms with E-state index in [2.05, 4.69) is 19.2 Å². The Bertz CT molecular complexity index is 540. The molecule has 0 radical (unpaired) electrons. The van der Waals surface area contributed by atoms with Crippen LogP contribution in [-0.4, -0.2) is 30.3 Å². The Hall–Kier alpha value is -1.84. The minimum absolute atomic E-state index is 0.211. The van der Waals surface area contributed by atoms with Crippen molar-refractivity contribution in [3.8, 4) is 0 Å². The zero-order valence-electron chi connectivity index (χ0n) is 13.1. The number of unbranched alkanes of at least 4 members (excludes halogenated alkanes) is 1. The van der Waals surface area contributed by atoms with Crippen molar-refractivity contribution in [2.24, 2.45) is 5.92 Å². The van der Waals surface area contributed by atoms with Crippen molar-refractivity contribution in [2.75, 3.05) is 18.9 Å². The molecular weight excluding hydrogens is 264 g/mol. The van der Waals surface area contributed by atoms with Crippen molar-refractivity contribution in [2.45, 2.75) is 39.5 Å². The van der Waals surface area contributed by atoms with Gasteiger partial charge in [-0.15, -0.1) is 0 Å². The molecule has 4 nitrogen and oxygen atoms in total. The van der Waals surface area contributed by atoms with Crippen LogP contribution in [0.2, 0.25) is 0 Å². The number of nitrogens with one attached hydrogen (secondary N) is 1. The second kappa shape index (κ2) is 6.74. The van der Waals surface area contributed by atoms with Crippen molar-refractivity contribution < 1.29 is 9.59 Å². The maximum absolute atomic E-state index is 12.0. The fourth-order valence-corrected chi connectivity index (χ4v) is 2.68. The number of carbonyl (C=O) groups is 2. The number of nitrogens with zero attached hydrogens (tertiary/aromatic N) is 1. The minimum atomic E-state index is -0.212. The normalized spacial score (nSPS) is 15.3. The molecule has 0 aliphatic carbocycles. The summed E-state index contributed by atoms with van der Waals surface area (Å²) in [7, 11) is 1.52. The van der Waals surface area contributed by atoms with Crippen molar-refractivity contribution in [3.63, 3.8) is 0 Å². The van der Waals surface area contributed by atoms with Gasteiger partial charge in [-0.05, 0) is 30.5 Å². The lowest BCUT2D eigenvalue weighted by atomic mass is 9.99. The predicted molar refractivity (Wildman–Crippen MR) is 84.7 cm³/mol. The molecule has 1 aromatic carbocycles. The number of amides is 2. The van der Waals surface area contributed by atoms with Gasteiger partial charge in [0.1, 0.15) is 0 Å². The number of carbonyl (C=O) groups excluding carboxylic acids is 2. The molecule has 0 fully saturated rings. The van der Waals surface area contributed by atoms with E-state index in [0.29, 0.717) is 17.0 Å². The number of benzene rings is 1. The van der Waals surface area contributed by atoms with Crippen LogP contribution in [0.5, 0.6) is 0 Å². The Kier molecular flexibility index (Phi) is 4.99. The highest BCUT2D eigenvalue weighted by Gasteiger charge is 2.32. The average molecular weight is 288 g/mol. The van der Waals surface area contributed by atoms with Crippen LogP contribution in [0.1, 0.15) is 60.2 Å². The molecule has 1 atom stereocenters. The first-order valence-electron chi connectivity index (χ1n) is 7.78. The Morgan fingerprint density at radius 2 is 1.86 bits per heavy atom. The highest BCUT2D eigenvalue weighted by molar-refractivity contribution is 6.21. The predicted octanol–water partition coefficient (Wildman–Crippen LogP) is 3.54. The Labute approximate surface area is 126 Å². The van der Waals surface area contributed by atoms with Gasteiger partial charge in [0.25, 0.3) is 11.8 Å². The van der Waals surface area contributed by atoms with E-state index >= 15 is 0 Å². The third-order valence-electron chi connectivity index (χ3n) is 4.23. The zero-order chi connectivity index (χ0) is 15.4. The fraction of sp³-hybridized carbons (Fsp3) is 0.529. The van der Waals surface area contributed by atoms with E-state index in [1.807, 2.05) is 6.07 Å². The van der Waals surface area contributed by atoms with Gasteiger partial charge in [-0.2, -0.15) is 0 Å². The maximum atomic E-state index is 12.0. The SMILES string of the molecule is CCCCC(CC)CNc1ccc2c(c1)C(=O)N(C)C2=O. The number of fused-ring (bicyclic) bond motifs is 1. The highest BCUT2D eigenvalue weighted by Crippen LogP contribution is 2.25. The van der Waals surface area contributed by atoms with Gasteiger partial charge < -0.3 is 5.32 Å². The molecule has 0 saturated carbocycles. The summed E-state index contributed by atoms with van der Waals surface area (Å²) < 4.78 is 0. The molecule has 2 rings (SSSR count). The summed E-state index contributed by atoms with van der Waals surface area (Å²) in [6, 6.07) is 5.43. The van der Waals surface area contributed by atoms with Crippen LogP contribution < -0.4 is 5.32 Å². The lowest BCUT2D eigenvalue weighted by Crippen LogP contribution is -2.24. The molecule has 0 aromatic heterocycles. The third kappa shape index (κ3) is 3.26. The van der Waals surface area contributed by atoms with Gasteiger partial charge in [-0.1, -0.05) is 33.1 Å². The summed E-state index contributed by atoms with van der Waals surface area (Å²) in [5, 5.41) is 3.40. The van der Waals surface area contributed by atoms with Gasteiger partial charge in [0.15, 0.2) is 0 Å². The molecule has 0 saturated heterocycles. The van der Waals surface area contributed by atoms with Gasteiger partial charge in [-0.25, -0.2) is 0 Å². The lowest BCUT2D eigenvalue weighted by molar-refractivity contribution is 0.0693. The van der Waals surface area contributed by atoms with E-state index < -0.39 is 0 Å². The van der Waals surface area contributed by atoms with E-state index in [4.69, 9.17) is 0 Å². The van der Waals surface area contributed by atoms with Crippen molar-refractivity contribution >= 4 is 17.5 Å². The van der Waals surface area contributed by atoms with Crippen LogP contribution >= 0.6 is 0 Å². The summed E-state index contributed by atoms with van der Waals surface area (Å²) in [5.41, 5.74) is 1.93. The first-order chi connectivity index (χ1) is 10.1. The number of anilines is 1. The van der Waals surface area contributed by atoms with E-state index in [1.165, 1.54) is 31.2 Å². The number of hydrogen-bond acceptors (Lipinski definition) is 3. The van der Waals surface area contributed by atoms with Crippen molar-refractivity contribution in [3.05, 3.63) is 29.3 Å². The number of hydrogen-bond donors (Lipinski definition) is 1. The Balaban J connectivity index is 2.03. The lowest BCUT2D eigenvalue weighted by Gasteiger charge is -2.16. The Morgan fingerprint density at radius 1 is 1.14 bits per heavy atom. The first kappa shape index (κ1) is 15.5. The molecular formula is C17H24N2O2. The quantitative estimate of drug-likeness (QED) is 0.781. The second-order valence-corrected chi connectivity index (χ2v) is 5.73. The summed E-state index contributed by atoms with van der Waals surface area (Å²) in [4.78, 5) is 25.0. The molecule has 1 aliphatic heterocycles. The molecule has 114 valence electrons. The third-order valence-corrected chi connectivity index (χ3v) is 4.23. The zero-order valence-corrected chi connectivity index (χ0v) is 13.1. The smallest absolute Gasteiger partial charge is 0.261 e. The number of imide groups is 1. The van der Waals surface area contributed by atoms with Crippen molar-refractivity contribution in [1.82, 2.24) is 4.90 Å². The Morgan fingerprint density at radius 3 is 2.52 bits per heavy atom. The monoisotopic (exact) mass is 288 g/mol. The molecule has 21 heavy (non-hydrogen) atoms. The molecule has 1 aliphatic rings. The van der Waals surface area contributed by atoms with Gasteiger partial charge in [-0.3, -0.25) is 14.5 Å². The van der Waals surface area contributed by atoms with Crippen LogP contribution in [0.3, 0.4) is 0 Å². The largest absolute Gasteiger partial charge is 0.385 e. The van der Waals surface area contributed by atoms with Crippen molar-refractivity contribution in [1.29, 1.82) is 0 Å². The van der Waals surface area contributed by atoms with Crippen LogP contribution in [0.15, 0.2) is 18.2 Å². The van der Waals surface area contributed by atoms with E-state index in [1.54, 1.807) is 12.1 Å². The first-order valence-corrected chi connectivity index (χ1v) is 7.78. The molecule has 1 N–H and O–H groups in total. The molecule has 1 unspecified atom stereocenters. The fourth-order valence-electron chi connectivity index (χ4n) is 2.68. The van der Waals surface area contributed by atoms with Crippen LogP contribution in [0.4, 0.5) is 5.69 Å². The minimum Gasteiger partial charge on any atom is -0.385 e. The second-order valence-electron chi connectivity index (χ2n) is 5.73. The summed E-state index contributed by atoms with van der Waals surface area (Å²) >= 11 is 0. The van der Waals surface area contributed by atoms with Crippen LogP contribution in [-0.2, 0) is 0 Å². The van der Waals surface area contributed by atoms with Gasteiger partial charge >= 0.3 is 0 Å². The summed E-state index contributed by atoms with van der Waals surface area (Å²) in [6.07, 6.45) is 4.85. The standard InChI is InChI=1S/C17H24N2O2/c1-4-6-7-12(5-2)11-18-13-8-9-14-15(10-13)17(21)19(3)16(14)20/h8-10,12,18H,4-7,11H2,1-3H3. The molecule has 1 aromatic rings. The van der Waals surface area contributed by atoms with Crippen LogP contribution in [0.25, 0.3) is 0 Å². The van der Waals surface area contributed by atoms with Gasteiger partial charge in [0.2, 0.25) is 0 Å². The van der Waals surface area contributed by atoms with E-state index in [-0.39, 0.29) is 11.8 Å². The number of rotatable bonds is 7. The van der Waals surface area contributed by atoms with E-state index in [9.17, 15) is 9.59 Å². The molecule has 4 heteroatoms. The highest BCUT2D eigenvalue weighted by atomic mass is 16.2. The van der Waals surface area contributed by atoms with Gasteiger partial charge in [0, 0.05) is 19.3 Å². The maximum Gasteiger partial charge on any atom is 0.261 e. The molecule has 0 spiro atoms. The van der Waals surface area contributed by atoms with Crippen LogP contribution in [0, 0.1) is 5.92 Å².